The Kier molecular flexibility index (Phi) is 5.90. The highest BCUT2D eigenvalue weighted by Crippen LogP contribution is 2.26. The number of carbonyl (C=O) groups is 1. The number of rotatable bonds is 6. The predicted molar refractivity (Wildman–Crippen MR) is 98.0 cm³/mol. The Bertz CT molecular complexity index is 566. The van der Waals surface area contributed by atoms with Crippen molar-refractivity contribution in [3.8, 4) is 0 Å². The first-order chi connectivity index (χ1) is 11.7. The first kappa shape index (κ1) is 17.4. The number of hydrogen-bond donors (Lipinski definition) is 2. The zero-order valence-corrected chi connectivity index (χ0v) is 15.1. The maximum Gasteiger partial charge on any atom is 0.251 e. The number of benzene rings is 1. The van der Waals surface area contributed by atoms with Crippen LogP contribution in [-0.2, 0) is 13.1 Å². The smallest absolute Gasteiger partial charge is 0.251 e. The lowest BCUT2D eigenvalue weighted by atomic mass is 9.98. The van der Waals surface area contributed by atoms with Gasteiger partial charge in [-0.1, -0.05) is 19.4 Å². The predicted octanol–water partition coefficient (Wildman–Crippen LogP) is 2.92. The average molecular weight is 329 g/mol. The van der Waals surface area contributed by atoms with Gasteiger partial charge < -0.3 is 10.6 Å². The first-order valence-corrected chi connectivity index (χ1v) is 9.51. The van der Waals surface area contributed by atoms with E-state index in [2.05, 4.69) is 41.5 Å². The molecule has 0 spiro atoms. The highest BCUT2D eigenvalue weighted by Gasteiger charge is 2.24. The Morgan fingerprint density at radius 3 is 2.79 bits per heavy atom. The van der Waals surface area contributed by atoms with Gasteiger partial charge in [-0.25, -0.2) is 0 Å². The summed E-state index contributed by atoms with van der Waals surface area (Å²) in [7, 11) is 0. The van der Waals surface area contributed by atoms with Gasteiger partial charge in [0.15, 0.2) is 0 Å². The third-order valence-electron chi connectivity index (χ3n) is 5.33. The summed E-state index contributed by atoms with van der Waals surface area (Å²) >= 11 is 0. The standard InChI is InChI=1S/C20H31N3O/c1-3-4-15(2)22-20(24)17-5-6-18-13-23(14-19(18)11-17)12-16-7-9-21-10-8-16/h5-6,11,15-16,21H,3-4,7-10,12-14H2,1-2H3,(H,22,24). The molecule has 4 heteroatoms. The number of hydrogen-bond acceptors (Lipinski definition) is 3. The van der Waals surface area contributed by atoms with Gasteiger partial charge in [-0.05, 0) is 68.5 Å². The van der Waals surface area contributed by atoms with Gasteiger partial charge in [-0.15, -0.1) is 0 Å². The summed E-state index contributed by atoms with van der Waals surface area (Å²) < 4.78 is 0. The summed E-state index contributed by atoms with van der Waals surface area (Å²) in [5.41, 5.74) is 3.53. The SMILES string of the molecule is CCCC(C)NC(=O)c1ccc2c(c1)CN(CC1CCNCC1)C2. The molecule has 1 aromatic carbocycles. The molecule has 0 radical (unpaired) electrons. The molecule has 3 rings (SSSR count). The minimum absolute atomic E-state index is 0.0653. The third-order valence-corrected chi connectivity index (χ3v) is 5.33. The zero-order valence-electron chi connectivity index (χ0n) is 15.1. The van der Waals surface area contributed by atoms with Crippen LogP contribution in [0.2, 0.25) is 0 Å². The zero-order chi connectivity index (χ0) is 16.9. The van der Waals surface area contributed by atoms with Crippen LogP contribution in [0.5, 0.6) is 0 Å². The van der Waals surface area contributed by atoms with Crippen molar-refractivity contribution in [1.29, 1.82) is 0 Å². The molecule has 0 aromatic heterocycles. The Balaban J connectivity index is 1.58. The second-order valence-corrected chi connectivity index (χ2v) is 7.51. The lowest BCUT2D eigenvalue weighted by Gasteiger charge is -2.27. The van der Waals surface area contributed by atoms with Gasteiger partial charge in [0.05, 0.1) is 0 Å². The van der Waals surface area contributed by atoms with E-state index in [0.29, 0.717) is 0 Å². The molecule has 132 valence electrons. The second kappa shape index (κ2) is 8.13. The summed E-state index contributed by atoms with van der Waals surface area (Å²) in [6, 6.07) is 6.48. The highest BCUT2D eigenvalue weighted by atomic mass is 16.1. The van der Waals surface area contributed by atoms with Crippen molar-refractivity contribution in [2.75, 3.05) is 19.6 Å². The van der Waals surface area contributed by atoms with E-state index in [1.807, 2.05) is 6.07 Å². The quantitative estimate of drug-likeness (QED) is 0.843. The van der Waals surface area contributed by atoms with Crippen molar-refractivity contribution in [2.45, 2.75) is 58.7 Å². The van der Waals surface area contributed by atoms with E-state index in [1.54, 1.807) is 0 Å². The fraction of sp³-hybridized carbons (Fsp3) is 0.650. The van der Waals surface area contributed by atoms with Crippen LogP contribution in [0.4, 0.5) is 0 Å². The molecule has 1 fully saturated rings. The Hall–Kier alpha value is -1.39. The number of piperidine rings is 1. The number of fused-ring (bicyclic) bond motifs is 1. The van der Waals surface area contributed by atoms with E-state index >= 15 is 0 Å². The molecule has 0 saturated carbocycles. The van der Waals surface area contributed by atoms with Gasteiger partial charge in [0.2, 0.25) is 0 Å². The van der Waals surface area contributed by atoms with Crippen LogP contribution in [0.15, 0.2) is 18.2 Å². The van der Waals surface area contributed by atoms with Gasteiger partial charge in [-0.3, -0.25) is 9.69 Å². The van der Waals surface area contributed by atoms with Gasteiger partial charge in [-0.2, -0.15) is 0 Å². The van der Waals surface area contributed by atoms with E-state index < -0.39 is 0 Å². The molecule has 0 aliphatic carbocycles. The van der Waals surface area contributed by atoms with Crippen molar-refractivity contribution >= 4 is 5.91 Å². The van der Waals surface area contributed by atoms with Crippen molar-refractivity contribution < 1.29 is 4.79 Å². The summed E-state index contributed by atoms with van der Waals surface area (Å²) in [5, 5.41) is 6.54. The van der Waals surface area contributed by atoms with Gasteiger partial charge in [0.1, 0.15) is 0 Å². The highest BCUT2D eigenvalue weighted by molar-refractivity contribution is 5.94. The number of carbonyl (C=O) groups excluding carboxylic acids is 1. The van der Waals surface area contributed by atoms with Gasteiger partial charge in [0, 0.05) is 31.2 Å². The summed E-state index contributed by atoms with van der Waals surface area (Å²) in [6.45, 7) is 9.76. The van der Waals surface area contributed by atoms with Crippen molar-refractivity contribution in [1.82, 2.24) is 15.5 Å². The van der Waals surface area contributed by atoms with Crippen molar-refractivity contribution in [3.05, 3.63) is 34.9 Å². The molecule has 24 heavy (non-hydrogen) atoms. The molecule has 4 nitrogen and oxygen atoms in total. The average Bonchev–Trinajstić information content (AvgIpc) is 2.97. The topological polar surface area (TPSA) is 44.4 Å². The van der Waals surface area contributed by atoms with E-state index in [9.17, 15) is 4.79 Å². The minimum atomic E-state index is 0.0653. The molecule has 0 bridgehead atoms. The lowest BCUT2D eigenvalue weighted by Crippen LogP contribution is -2.34. The molecular formula is C20H31N3O. The van der Waals surface area contributed by atoms with Crippen LogP contribution in [0.1, 0.15) is 61.0 Å². The van der Waals surface area contributed by atoms with Crippen LogP contribution >= 0.6 is 0 Å². The Morgan fingerprint density at radius 1 is 1.29 bits per heavy atom. The van der Waals surface area contributed by atoms with Crippen LogP contribution < -0.4 is 10.6 Å². The van der Waals surface area contributed by atoms with E-state index in [1.165, 1.54) is 30.5 Å². The van der Waals surface area contributed by atoms with Gasteiger partial charge >= 0.3 is 0 Å². The van der Waals surface area contributed by atoms with Crippen LogP contribution in [0, 0.1) is 5.92 Å². The van der Waals surface area contributed by atoms with E-state index in [4.69, 9.17) is 0 Å². The maximum atomic E-state index is 12.4. The minimum Gasteiger partial charge on any atom is -0.350 e. The first-order valence-electron chi connectivity index (χ1n) is 9.51. The fourth-order valence-corrected chi connectivity index (χ4v) is 3.98. The summed E-state index contributed by atoms with van der Waals surface area (Å²) in [5.74, 6) is 0.883. The molecule has 2 N–H and O–H groups in total. The largest absolute Gasteiger partial charge is 0.350 e. The van der Waals surface area contributed by atoms with Crippen molar-refractivity contribution in [3.63, 3.8) is 0 Å². The Morgan fingerprint density at radius 2 is 2.04 bits per heavy atom. The molecule has 1 unspecified atom stereocenters. The molecule has 2 aliphatic heterocycles. The monoisotopic (exact) mass is 329 g/mol. The third kappa shape index (κ3) is 4.37. The van der Waals surface area contributed by atoms with Crippen LogP contribution in [-0.4, -0.2) is 36.5 Å². The second-order valence-electron chi connectivity index (χ2n) is 7.51. The molecule has 2 aliphatic rings. The molecule has 1 amide bonds. The lowest BCUT2D eigenvalue weighted by molar-refractivity contribution is 0.0938. The molecule has 1 atom stereocenters. The normalized spacial score (nSPS) is 19.9. The summed E-state index contributed by atoms with van der Waals surface area (Å²) in [6.07, 6.45) is 4.70. The molecule has 1 saturated heterocycles. The van der Waals surface area contributed by atoms with Crippen LogP contribution in [0.3, 0.4) is 0 Å². The van der Waals surface area contributed by atoms with Crippen LogP contribution in [0.25, 0.3) is 0 Å². The van der Waals surface area contributed by atoms with Gasteiger partial charge in [0.25, 0.3) is 5.91 Å². The fourth-order valence-electron chi connectivity index (χ4n) is 3.98. The number of nitrogens with one attached hydrogen (secondary N) is 2. The number of nitrogens with zero attached hydrogens (tertiary/aromatic N) is 1. The molecule has 1 aromatic rings. The van der Waals surface area contributed by atoms with E-state index in [-0.39, 0.29) is 11.9 Å². The van der Waals surface area contributed by atoms with Crippen molar-refractivity contribution in [2.24, 2.45) is 5.92 Å². The maximum absolute atomic E-state index is 12.4. The van der Waals surface area contributed by atoms with E-state index in [0.717, 1.165) is 50.5 Å². The Labute approximate surface area is 146 Å². The molecular weight excluding hydrogens is 298 g/mol. The summed E-state index contributed by atoms with van der Waals surface area (Å²) in [4.78, 5) is 14.9. The number of amides is 1. The molecule has 2 heterocycles.